The van der Waals surface area contributed by atoms with Crippen LogP contribution in [-0.4, -0.2) is 505 Å². The fraction of sp³-hybridized carbons (Fsp3) is 1.00. The summed E-state index contributed by atoms with van der Waals surface area (Å²) in [7, 11) is 0. The van der Waals surface area contributed by atoms with Gasteiger partial charge in [0.25, 0.3) is 0 Å². The Morgan fingerprint density at radius 2 is 0.149 bits per heavy atom. The lowest BCUT2D eigenvalue weighted by Crippen LogP contribution is -2.31. The first-order chi connectivity index (χ1) is 59.7. The van der Waals surface area contributed by atoms with Crippen molar-refractivity contribution in [3.05, 3.63) is 0 Å². The molecule has 0 unspecified atom stereocenters. The Labute approximate surface area is 736 Å². The average Bonchev–Trinajstić information content (AvgIpc) is 0.986. The summed E-state index contributed by atoms with van der Waals surface area (Å²) in [5, 5.41) is 113. The predicted molar refractivity (Wildman–Crippen MR) is 485 cm³/mol. The fourth-order valence-electron chi connectivity index (χ4n) is 14.8. The van der Waals surface area contributed by atoms with Gasteiger partial charge < -0.3 is 153 Å². The molecule has 0 bridgehead atoms. The molecule has 0 aliphatic rings. The van der Waals surface area contributed by atoms with E-state index in [1.54, 1.807) is 0 Å². The number of aliphatic hydroxyl groups excluding tert-OH is 12. The van der Waals surface area contributed by atoms with Crippen molar-refractivity contribution >= 4 is 0 Å². The normalized spacial score (nSPS) is 12.3. The summed E-state index contributed by atoms with van der Waals surface area (Å²) in [5.74, 6) is 0. The van der Waals surface area contributed by atoms with Crippen LogP contribution in [0.1, 0.15) is 193 Å². The molecular weight excluding hydrogens is 1560 g/mol. The van der Waals surface area contributed by atoms with E-state index in [9.17, 15) is 61.3 Å². The van der Waals surface area contributed by atoms with Crippen molar-refractivity contribution in [3.63, 3.8) is 0 Å². The van der Waals surface area contributed by atoms with E-state index < -0.39 is 0 Å². The van der Waals surface area contributed by atoms with Crippen molar-refractivity contribution in [1.82, 2.24) is 49.0 Å². The molecule has 0 aliphatic heterocycles. The van der Waals surface area contributed by atoms with E-state index in [-0.39, 0.29) is 79.3 Å². The molecule has 0 aliphatic carbocycles. The third kappa shape index (κ3) is 86.6. The summed E-state index contributed by atoms with van der Waals surface area (Å²) >= 11 is 0. The molecular formula is C90H192N10O21. The zero-order valence-corrected chi connectivity index (χ0v) is 77.2. The second-order valence-electron chi connectivity index (χ2n) is 32.2. The molecule has 0 amide bonds. The maximum absolute atomic E-state index is 9.39. The van der Waals surface area contributed by atoms with Gasteiger partial charge in [-0.05, 0) is 193 Å². The Morgan fingerprint density at radius 1 is 0.0909 bits per heavy atom. The van der Waals surface area contributed by atoms with Crippen LogP contribution in [0.15, 0.2) is 0 Å². The second kappa shape index (κ2) is 101. The minimum absolute atomic E-state index is 0.165. The Morgan fingerprint density at radius 3 is 0.207 bits per heavy atom. The molecule has 0 radical (unpaired) electrons. The Bertz CT molecular complexity index is 1580. The minimum atomic E-state index is 0.165. The van der Waals surface area contributed by atoms with Gasteiger partial charge in [-0.1, -0.05) is 0 Å². The molecule has 31 heteroatoms. The molecule has 121 heavy (non-hydrogen) atoms. The molecule has 0 heterocycles. The van der Waals surface area contributed by atoms with Crippen molar-refractivity contribution in [2.24, 2.45) is 0 Å². The third-order valence-corrected chi connectivity index (χ3v) is 21.3. The van der Waals surface area contributed by atoms with Gasteiger partial charge in [-0.3, -0.25) is 0 Å². The molecule has 728 valence electrons. The lowest BCUT2D eigenvalue weighted by atomic mass is 10.3. The highest BCUT2D eigenvalue weighted by Gasteiger charge is 2.15. The van der Waals surface area contributed by atoms with Crippen molar-refractivity contribution in [3.8, 4) is 0 Å². The first kappa shape index (κ1) is 120. The third-order valence-electron chi connectivity index (χ3n) is 21.3. The van der Waals surface area contributed by atoms with Crippen molar-refractivity contribution in [2.75, 3.05) is 395 Å². The van der Waals surface area contributed by atoms with E-state index >= 15 is 0 Å². The van der Waals surface area contributed by atoms with E-state index in [1.165, 1.54) is 0 Å². The van der Waals surface area contributed by atoms with Gasteiger partial charge >= 0.3 is 0 Å². The largest absolute Gasteiger partial charge is 0.396 e. The Kier molecular flexibility index (Phi) is 99.9. The number of hydrogen-bond donors (Lipinski definition) is 12. The minimum Gasteiger partial charge on any atom is -0.396 e. The SMILES string of the molecule is OCCCN(CCCO)CCCOCCCN(CCCOCCCN(CCCO)CCCO)CCCOCCCN(CCCOCCCN(CCCOCCCN(CCCO)CCCO)CCCOCCCN(CCCO)CCCO)CCCOCCCN(CCCOCCCN(CCCO)CCCO)CCCOCCCN(CCCO)CCCO. The van der Waals surface area contributed by atoms with Gasteiger partial charge in [-0.25, -0.2) is 0 Å². The van der Waals surface area contributed by atoms with Crippen LogP contribution in [0.5, 0.6) is 0 Å². The van der Waals surface area contributed by atoms with E-state index in [0.717, 1.165) is 389 Å². The van der Waals surface area contributed by atoms with Crippen LogP contribution in [-0.2, 0) is 42.6 Å². The molecule has 0 rings (SSSR count). The summed E-state index contributed by atoms with van der Waals surface area (Å²) in [6.45, 7) is 40.6. The maximum atomic E-state index is 9.39. The molecule has 0 saturated heterocycles. The van der Waals surface area contributed by atoms with Gasteiger partial charge in [-0.2, -0.15) is 0 Å². The second-order valence-corrected chi connectivity index (χ2v) is 32.2. The zero-order chi connectivity index (χ0) is 87.8. The lowest BCUT2D eigenvalue weighted by molar-refractivity contribution is 0.0807. The summed E-state index contributed by atoms with van der Waals surface area (Å²) in [6.07, 6.45) is 25.3. The molecule has 0 spiro atoms. The Balaban J connectivity index is 6.03. The molecule has 31 nitrogen and oxygen atoms in total. The lowest BCUT2D eigenvalue weighted by Gasteiger charge is -2.24. The Hall–Kier alpha value is -1.24. The first-order valence-electron chi connectivity index (χ1n) is 48.5. The molecule has 0 aromatic rings. The van der Waals surface area contributed by atoms with E-state index in [2.05, 4.69) is 49.0 Å². The number of aliphatic hydroxyl groups is 12. The van der Waals surface area contributed by atoms with Gasteiger partial charge in [0.1, 0.15) is 0 Å². The number of nitrogens with zero attached hydrogens (tertiary/aromatic N) is 10. The van der Waals surface area contributed by atoms with Crippen LogP contribution in [0.4, 0.5) is 0 Å². The molecule has 0 aromatic carbocycles. The van der Waals surface area contributed by atoms with Crippen LogP contribution in [0.25, 0.3) is 0 Å². The average molecular weight is 1750 g/mol. The zero-order valence-electron chi connectivity index (χ0n) is 77.2. The quantitative estimate of drug-likeness (QED) is 0.0386. The standard InChI is InChI=1S/C90H192N10O21/c101-61-1-31-91(32-2-62-102)43-13-73-113-79-19-49-97(50-20-80-114-74-14-44-92(33-3-63-103)34-4-64-104)55-25-85-119-88-28-58-100(59-29-89-120-86-26-56-98(51-21-81-115-75-15-45-93(35-5-65-105)36-6-66-106)52-22-82-116-76-16-46-94(37-7-67-107)38-8-68-108)60-30-90-121-87-27-57-99(53-23-83-117-77-17-47-95(39-9-69-109)40-10-70-110)54-24-84-118-78-18-48-96(41-11-71-111)42-12-72-112/h101-112H,1-90H2. The first-order valence-corrected chi connectivity index (χ1v) is 48.5. The molecule has 0 atom stereocenters. The summed E-state index contributed by atoms with van der Waals surface area (Å²) in [5.41, 5.74) is 0. The van der Waals surface area contributed by atoms with E-state index in [0.29, 0.717) is 119 Å². The molecule has 0 fully saturated rings. The van der Waals surface area contributed by atoms with Gasteiger partial charge in [0.2, 0.25) is 0 Å². The van der Waals surface area contributed by atoms with Crippen LogP contribution in [0.2, 0.25) is 0 Å². The van der Waals surface area contributed by atoms with Gasteiger partial charge in [0, 0.05) is 395 Å². The van der Waals surface area contributed by atoms with Crippen LogP contribution in [0.3, 0.4) is 0 Å². The number of rotatable bonds is 108. The number of hydrogen-bond acceptors (Lipinski definition) is 31. The molecule has 12 N–H and O–H groups in total. The topological polar surface area (TPSA) is 358 Å². The molecule has 0 saturated carbocycles. The van der Waals surface area contributed by atoms with Crippen LogP contribution in [0, 0.1) is 0 Å². The van der Waals surface area contributed by atoms with Crippen LogP contribution < -0.4 is 0 Å². The van der Waals surface area contributed by atoms with Gasteiger partial charge in [0.05, 0.1) is 0 Å². The number of ether oxygens (including phenoxy) is 9. The van der Waals surface area contributed by atoms with E-state index in [4.69, 9.17) is 42.6 Å². The van der Waals surface area contributed by atoms with Crippen molar-refractivity contribution < 1.29 is 104 Å². The smallest absolute Gasteiger partial charge is 0.0478 e. The highest BCUT2D eigenvalue weighted by molar-refractivity contribution is 4.69. The van der Waals surface area contributed by atoms with Gasteiger partial charge in [0.15, 0.2) is 0 Å². The van der Waals surface area contributed by atoms with Crippen molar-refractivity contribution in [1.29, 1.82) is 0 Å². The van der Waals surface area contributed by atoms with Gasteiger partial charge in [-0.15, -0.1) is 0 Å². The summed E-state index contributed by atoms with van der Waals surface area (Å²) < 4.78 is 55.9. The van der Waals surface area contributed by atoms with Crippen LogP contribution >= 0.6 is 0 Å². The van der Waals surface area contributed by atoms with E-state index in [1.807, 2.05) is 0 Å². The highest BCUT2D eigenvalue weighted by atomic mass is 16.5. The fourth-order valence-corrected chi connectivity index (χ4v) is 14.8. The maximum Gasteiger partial charge on any atom is 0.0478 e. The highest BCUT2D eigenvalue weighted by Crippen LogP contribution is 2.10. The molecule has 0 aromatic heterocycles. The predicted octanol–water partition coefficient (Wildman–Crippen LogP) is 3.77. The monoisotopic (exact) mass is 1750 g/mol. The summed E-state index contributed by atoms with van der Waals surface area (Å²) in [6, 6.07) is 0. The summed E-state index contributed by atoms with van der Waals surface area (Å²) in [4.78, 5) is 23.9. The van der Waals surface area contributed by atoms with Crippen molar-refractivity contribution in [2.45, 2.75) is 193 Å².